The smallest absolute Gasteiger partial charge is 0.264 e. The number of sulfonamides is 1. The summed E-state index contributed by atoms with van der Waals surface area (Å²) in [5.74, 6) is -0.299. The van der Waals surface area contributed by atoms with Gasteiger partial charge < -0.3 is 15.0 Å². The molecule has 0 aliphatic heterocycles. The van der Waals surface area contributed by atoms with Crippen molar-refractivity contribution in [3.8, 4) is 5.75 Å². The lowest BCUT2D eigenvalue weighted by atomic mass is 10.1. The summed E-state index contributed by atoms with van der Waals surface area (Å²) in [7, 11) is -2.71. The van der Waals surface area contributed by atoms with Gasteiger partial charge in [-0.05, 0) is 75.2 Å². The van der Waals surface area contributed by atoms with Crippen LogP contribution in [0.2, 0.25) is 10.0 Å². The highest BCUT2D eigenvalue weighted by Gasteiger charge is 2.35. The van der Waals surface area contributed by atoms with Crippen LogP contribution in [0.5, 0.6) is 5.75 Å². The molecule has 3 aromatic rings. The number of carbonyl (C=O) groups excluding carboxylic acids is 2. The van der Waals surface area contributed by atoms with E-state index in [4.69, 9.17) is 27.9 Å². The second-order valence-electron chi connectivity index (χ2n) is 10.5. The molecule has 0 saturated heterocycles. The van der Waals surface area contributed by atoms with Crippen molar-refractivity contribution in [1.29, 1.82) is 0 Å². The molecular formula is C30H35Cl2N3O5S. The average Bonchev–Trinajstić information content (AvgIpc) is 2.92. The van der Waals surface area contributed by atoms with Crippen LogP contribution in [-0.4, -0.2) is 50.4 Å². The van der Waals surface area contributed by atoms with Gasteiger partial charge in [0.25, 0.3) is 10.0 Å². The topological polar surface area (TPSA) is 96.0 Å². The Balaban J connectivity index is 2.10. The zero-order valence-corrected chi connectivity index (χ0v) is 26.1. The third-order valence-electron chi connectivity index (χ3n) is 6.18. The molecule has 0 heterocycles. The molecule has 0 aliphatic rings. The highest BCUT2D eigenvalue weighted by molar-refractivity contribution is 7.92. The van der Waals surface area contributed by atoms with Crippen molar-refractivity contribution in [3.05, 3.63) is 88.4 Å². The lowest BCUT2D eigenvalue weighted by molar-refractivity contribution is -0.141. The first-order chi connectivity index (χ1) is 19.3. The number of rotatable bonds is 11. The fourth-order valence-electron chi connectivity index (χ4n) is 4.21. The van der Waals surface area contributed by atoms with Crippen molar-refractivity contribution in [2.24, 2.45) is 0 Å². The van der Waals surface area contributed by atoms with Gasteiger partial charge in [-0.3, -0.25) is 13.9 Å². The molecule has 8 nitrogen and oxygen atoms in total. The van der Waals surface area contributed by atoms with Crippen LogP contribution >= 0.6 is 23.2 Å². The third kappa shape index (κ3) is 8.38. The first kappa shape index (κ1) is 32.2. The molecule has 0 radical (unpaired) electrons. The van der Waals surface area contributed by atoms with E-state index in [1.807, 2.05) is 20.8 Å². The molecule has 3 rings (SSSR count). The maximum atomic E-state index is 14.1. The predicted molar refractivity (Wildman–Crippen MR) is 163 cm³/mol. The van der Waals surface area contributed by atoms with Crippen molar-refractivity contribution in [3.63, 3.8) is 0 Å². The average molecular weight is 621 g/mol. The molecule has 41 heavy (non-hydrogen) atoms. The minimum atomic E-state index is -4.26. The Kier molecular flexibility index (Phi) is 10.7. The summed E-state index contributed by atoms with van der Waals surface area (Å²) >= 11 is 12.7. The van der Waals surface area contributed by atoms with E-state index in [0.717, 1.165) is 9.87 Å². The van der Waals surface area contributed by atoms with Gasteiger partial charge in [0.15, 0.2) is 0 Å². The normalized spacial score (nSPS) is 12.4. The molecule has 11 heteroatoms. The molecule has 0 aromatic heterocycles. The Hall–Kier alpha value is -3.27. The number of methoxy groups -OCH3 is 1. The summed E-state index contributed by atoms with van der Waals surface area (Å²) in [5, 5.41) is 3.29. The second kappa shape index (κ2) is 13.6. The highest BCUT2D eigenvalue weighted by Crippen LogP contribution is 2.33. The van der Waals surface area contributed by atoms with Crippen molar-refractivity contribution in [2.45, 2.75) is 57.1 Å². The van der Waals surface area contributed by atoms with Crippen LogP contribution in [0.3, 0.4) is 0 Å². The Bertz CT molecular complexity index is 1460. The number of benzene rings is 3. The van der Waals surface area contributed by atoms with Crippen molar-refractivity contribution in [1.82, 2.24) is 10.2 Å². The molecule has 1 atom stereocenters. The quantitative estimate of drug-likeness (QED) is 0.287. The van der Waals surface area contributed by atoms with E-state index in [1.165, 1.54) is 35.2 Å². The minimum Gasteiger partial charge on any atom is -0.497 e. The Morgan fingerprint density at radius 1 is 0.976 bits per heavy atom. The van der Waals surface area contributed by atoms with Crippen LogP contribution < -0.4 is 14.4 Å². The zero-order chi connectivity index (χ0) is 30.4. The number of amides is 2. The summed E-state index contributed by atoms with van der Waals surface area (Å²) in [5.41, 5.74) is 0.239. The molecule has 0 saturated carbocycles. The summed E-state index contributed by atoms with van der Waals surface area (Å²) in [4.78, 5) is 28.9. The van der Waals surface area contributed by atoms with Crippen molar-refractivity contribution >= 4 is 50.7 Å². The molecule has 0 spiro atoms. The number of halogens is 2. The van der Waals surface area contributed by atoms with Crippen LogP contribution in [0, 0.1) is 0 Å². The first-order valence-electron chi connectivity index (χ1n) is 13.0. The molecule has 0 aliphatic carbocycles. The fraction of sp³-hybridized carbons (Fsp3) is 0.333. The Morgan fingerprint density at radius 2 is 1.61 bits per heavy atom. The monoisotopic (exact) mass is 619 g/mol. The molecule has 1 N–H and O–H groups in total. The number of anilines is 1. The van der Waals surface area contributed by atoms with Gasteiger partial charge in [0.2, 0.25) is 11.8 Å². The number of hydrogen-bond donors (Lipinski definition) is 1. The van der Waals surface area contributed by atoms with Crippen LogP contribution in [-0.2, 0) is 26.2 Å². The van der Waals surface area contributed by atoms with E-state index in [0.29, 0.717) is 12.2 Å². The van der Waals surface area contributed by atoms with E-state index in [1.54, 1.807) is 56.5 Å². The van der Waals surface area contributed by atoms with Crippen molar-refractivity contribution in [2.75, 3.05) is 18.0 Å². The van der Waals surface area contributed by atoms with E-state index in [-0.39, 0.29) is 33.1 Å². The summed E-state index contributed by atoms with van der Waals surface area (Å²) in [6.07, 6.45) is 0.299. The molecular weight excluding hydrogens is 585 g/mol. The van der Waals surface area contributed by atoms with Gasteiger partial charge in [0.1, 0.15) is 18.3 Å². The number of ether oxygens (including phenoxy) is 1. The summed E-state index contributed by atoms with van der Waals surface area (Å²) in [6, 6.07) is 18.4. The predicted octanol–water partition coefficient (Wildman–Crippen LogP) is 5.92. The third-order valence-corrected chi connectivity index (χ3v) is 8.51. The van der Waals surface area contributed by atoms with Gasteiger partial charge in [0.05, 0.1) is 22.7 Å². The lowest BCUT2D eigenvalue weighted by Crippen LogP contribution is -2.55. The molecule has 0 bridgehead atoms. The molecule has 220 valence electrons. The maximum absolute atomic E-state index is 14.1. The number of nitrogens with zero attached hydrogens (tertiary/aromatic N) is 2. The van der Waals surface area contributed by atoms with Gasteiger partial charge >= 0.3 is 0 Å². The number of hydrogen-bond acceptors (Lipinski definition) is 5. The van der Waals surface area contributed by atoms with Gasteiger partial charge in [-0.2, -0.15) is 0 Å². The van der Waals surface area contributed by atoms with Crippen LogP contribution in [0.15, 0.2) is 77.7 Å². The van der Waals surface area contributed by atoms with Crippen LogP contribution in [0.25, 0.3) is 0 Å². The largest absolute Gasteiger partial charge is 0.497 e. The van der Waals surface area contributed by atoms with Crippen LogP contribution in [0.4, 0.5) is 5.69 Å². The number of nitrogens with one attached hydrogen (secondary N) is 1. The zero-order valence-electron chi connectivity index (χ0n) is 23.7. The van der Waals surface area contributed by atoms with E-state index in [2.05, 4.69) is 5.32 Å². The maximum Gasteiger partial charge on any atom is 0.264 e. The highest BCUT2D eigenvalue weighted by atomic mass is 35.5. The SMILES string of the molecule is CC[C@@H](C(=O)NC(C)(C)C)N(Cc1ccc(OC)cc1)C(=O)CN(c1cc(Cl)ccc1Cl)S(=O)(=O)c1ccccc1. The van der Waals surface area contributed by atoms with Gasteiger partial charge in [-0.15, -0.1) is 0 Å². The second-order valence-corrected chi connectivity index (χ2v) is 13.2. The van der Waals surface area contributed by atoms with Gasteiger partial charge in [-0.1, -0.05) is 60.5 Å². The van der Waals surface area contributed by atoms with E-state index >= 15 is 0 Å². The van der Waals surface area contributed by atoms with Gasteiger partial charge in [-0.25, -0.2) is 8.42 Å². The van der Waals surface area contributed by atoms with Gasteiger partial charge in [0, 0.05) is 17.1 Å². The Morgan fingerprint density at radius 3 is 2.17 bits per heavy atom. The van der Waals surface area contributed by atoms with E-state index in [9.17, 15) is 18.0 Å². The van der Waals surface area contributed by atoms with E-state index < -0.39 is 34.1 Å². The number of carbonyl (C=O) groups is 2. The fourth-order valence-corrected chi connectivity index (χ4v) is 6.09. The first-order valence-corrected chi connectivity index (χ1v) is 15.2. The minimum absolute atomic E-state index is 0.0249. The molecule has 0 unspecified atom stereocenters. The Labute approximate surface area is 252 Å². The lowest BCUT2D eigenvalue weighted by Gasteiger charge is -2.35. The molecule has 2 amide bonds. The summed E-state index contributed by atoms with van der Waals surface area (Å²) < 4.78 is 34.0. The molecule has 0 fully saturated rings. The summed E-state index contributed by atoms with van der Waals surface area (Å²) in [6.45, 7) is 6.79. The molecule has 3 aromatic carbocycles. The van der Waals surface area contributed by atoms with Crippen LogP contribution in [0.1, 0.15) is 39.7 Å². The standard InChI is InChI=1S/C30H35Cl2N3O5S/c1-6-26(29(37)33-30(2,3)4)34(19-21-12-15-23(40-5)16-13-21)28(36)20-35(27-18-22(31)14-17-25(27)32)41(38,39)24-10-8-7-9-11-24/h7-18,26H,6,19-20H2,1-5H3,(H,33,37)/t26-/m0/s1. The van der Waals surface area contributed by atoms with Crippen molar-refractivity contribution < 1.29 is 22.7 Å².